The number of nitrogens with zero attached hydrogens (tertiary/aromatic N) is 6. The number of hydrogen-bond donors (Lipinski definition) is 0. The SMILES string of the molecule is C#CC.CN=[N+]=[N-].Cc1cn(C)nn1. The van der Waals surface area contributed by atoms with E-state index in [1.165, 1.54) is 7.05 Å². The van der Waals surface area contributed by atoms with Gasteiger partial charge >= 0.3 is 0 Å². The lowest BCUT2D eigenvalue weighted by Crippen LogP contribution is -1.85. The molecule has 0 saturated heterocycles. The van der Waals surface area contributed by atoms with Crippen LogP contribution in [0.3, 0.4) is 0 Å². The monoisotopic (exact) mass is 194 g/mol. The molecule has 0 bridgehead atoms. The van der Waals surface area contributed by atoms with Gasteiger partial charge in [0.05, 0.1) is 5.69 Å². The highest BCUT2D eigenvalue weighted by atomic mass is 15.4. The van der Waals surface area contributed by atoms with Gasteiger partial charge in [0.1, 0.15) is 0 Å². The molecule has 0 unspecified atom stereocenters. The Bertz CT molecular complexity index is 298. The molecule has 6 heteroatoms. The molecule has 0 aromatic carbocycles. The molecule has 0 saturated carbocycles. The number of terminal acetylenes is 1. The third kappa shape index (κ3) is 12.7. The summed E-state index contributed by atoms with van der Waals surface area (Å²) in [7, 11) is 3.24. The Morgan fingerprint density at radius 2 is 2.14 bits per heavy atom. The first kappa shape index (κ1) is 14.5. The van der Waals surface area contributed by atoms with E-state index >= 15 is 0 Å². The normalized spacial score (nSPS) is 6.50. The van der Waals surface area contributed by atoms with Gasteiger partial charge in [-0.05, 0) is 19.4 Å². The molecule has 0 amide bonds. The molecule has 1 aromatic heterocycles. The largest absolute Gasteiger partial charge is 0.255 e. The van der Waals surface area contributed by atoms with Crippen LogP contribution in [-0.2, 0) is 7.05 Å². The van der Waals surface area contributed by atoms with Crippen LogP contribution < -0.4 is 0 Å². The first-order valence-electron chi connectivity index (χ1n) is 3.75. The van der Waals surface area contributed by atoms with Crippen LogP contribution in [0.2, 0.25) is 0 Å². The van der Waals surface area contributed by atoms with E-state index in [4.69, 9.17) is 5.53 Å². The minimum Gasteiger partial charge on any atom is -0.255 e. The van der Waals surface area contributed by atoms with Crippen LogP contribution in [0.25, 0.3) is 10.4 Å². The van der Waals surface area contributed by atoms with Gasteiger partial charge in [0.2, 0.25) is 0 Å². The summed E-state index contributed by atoms with van der Waals surface area (Å²) < 4.78 is 1.68. The lowest BCUT2D eigenvalue weighted by atomic mass is 10.6. The zero-order chi connectivity index (χ0) is 11.4. The molecule has 0 atom stereocenters. The fourth-order valence-electron chi connectivity index (χ4n) is 0.463. The lowest BCUT2D eigenvalue weighted by molar-refractivity contribution is 0.714. The molecule has 76 valence electrons. The Morgan fingerprint density at radius 1 is 1.71 bits per heavy atom. The molecule has 14 heavy (non-hydrogen) atoms. The summed E-state index contributed by atoms with van der Waals surface area (Å²) in [6.07, 6.45) is 6.46. The minimum atomic E-state index is 0.961. The van der Waals surface area contributed by atoms with Crippen molar-refractivity contribution in [1.29, 1.82) is 0 Å². The third-order valence-corrected chi connectivity index (χ3v) is 0.807. The van der Waals surface area contributed by atoms with Crippen LogP contribution in [0.15, 0.2) is 11.3 Å². The van der Waals surface area contributed by atoms with Crippen molar-refractivity contribution in [2.45, 2.75) is 13.8 Å². The summed E-state index contributed by atoms with van der Waals surface area (Å²) in [6.45, 7) is 3.56. The summed E-state index contributed by atoms with van der Waals surface area (Å²) in [5.41, 5.74) is 8.29. The van der Waals surface area contributed by atoms with E-state index in [9.17, 15) is 0 Å². The molecule has 0 N–H and O–H groups in total. The van der Waals surface area contributed by atoms with E-state index < -0.39 is 0 Å². The maximum Gasteiger partial charge on any atom is 0.0796 e. The van der Waals surface area contributed by atoms with Crippen molar-refractivity contribution in [2.24, 2.45) is 12.2 Å². The highest BCUT2D eigenvalue weighted by Crippen LogP contribution is 1.82. The molecule has 0 aliphatic rings. The second-order valence-electron chi connectivity index (χ2n) is 2.11. The predicted molar refractivity (Wildman–Crippen MR) is 55.3 cm³/mol. The van der Waals surface area contributed by atoms with E-state index in [-0.39, 0.29) is 0 Å². The van der Waals surface area contributed by atoms with Crippen LogP contribution in [0.4, 0.5) is 0 Å². The summed E-state index contributed by atoms with van der Waals surface area (Å²) in [6, 6.07) is 0. The second kappa shape index (κ2) is 11.0. The molecular weight excluding hydrogens is 180 g/mol. The van der Waals surface area contributed by atoms with Crippen LogP contribution in [-0.4, -0.2) is 22.0 Å². The number of aryl methyl sites for hydroxylation is 2. The standard InChI is InChI=1S/C4H7N3.C3H4.CH3N3/c1-4-3-7(2)6-5-4;1-3-2;1-3-4-2/h3H,1-2H3;1H,2H3;1H3. The fourth-order valence-corrected chi connectivity index (χ4v) is 0.463. The van der Waals surface area contributed by atoms with Gasteiger partial charge < -0.3 is 0 Å². The topological polar surface area (TPSA) is 79.5 Å². The molecule has 0 radical (unpaired) electrons. The van der Waals surface area contributed by atoms with E-state index in [0.717, 1.165) is 5.69 Å². The van der Waals surface area contributed by atoms with Gasteiger partial charge in [-0.25, -0.2) is 0 Å². The first-order chi connectivity index (χ1) is 6.62. The van der Waals surface area contributed by atoms with Gasteiger partial charge in [-0.1, -0.05) is 10.3 Å². The Labute approximate surface area is 83.6 Å². The quantitative estimate of drug-likeness (QED) is 0.272. The van der Waals surface area contributed by atoms with E-state index in [1.54, 1.807) is 11.6 Å². The zero-order valence-corrected chi connectivity index (χ0v) is 8.84. The third-order valence-electron chi connectivity index (χ3n) is 0.807. The molecular formula is C8H14N6. The van der Waals surface area contributed by atoms with Crippen molar-refractivity contribution in [1.82, 2.24) is 15.0 Å². The zero-order valence-electron chi connectivity index (χ0n) is 8.84. The van der Waals surface area contributed by atoms with Gasteiger partial charge in [0.15, 0.2) is 0 Å². The van der Waals surface area contributed by atoms with Crippen molar-refractivity contribution in [3.05, 3.63) is 22.3 Å². The van der Waals surface area contributed by atoms with Crippen LogP contribution in [0.5, 0.6) is 0 Å². The Kier molecular flexibility index (Phi) is 11.4. The fraction of sp³-hybridized carbons (Fsp3) is 0.500. The average Bonchev–Trinajstić information content (AvgIpc) is 2.52. The molecule has 1 rings (SSSR count). The van der Waals surface area contributed by atoms with Crippen LogP contribution in [0.1, 0.15) is 12.6 Å². The molecule has 6 nitrogen and oxygen atoms in total. The van der Waals surface area contributed by atoms with Crippen molar-refractivity contribution in [3.63, 3.8) is 0 Å². The summed E-state index contributed by atoms with van der Waals surface area (Å²) >= 11 is 0. The molecule has 1 heterocycles. The van der Waals surface area contributed by atoms with Crippen LogP contribution >= 0.6 is 0 Å². The Hall–Kier alpha value is -1.99. The number of hydrogen-bond acceptors (Lipinski definition) is 3. The van der Waals surface area contributed by atoms with Gasteiger partial charge in [-0.2, -0.15) is 0 Å². The number of aromatic nitrogens is 3. The second-order valence-corrected chi connectivity index (χ2v) is 2.11. The van der Waals surface area contributed by atoms with Gasteiger partial charge in [0.25, 0.3) is 0 Å². The van der Waals surface area contributed by atoms with Crippen LogP contribution in [0, 0.1) is 19.3 Å². The predicted octanol–water partition coefficient (Wildman–Crippen LogP) is 1.69. The van der Waals surface area contributed by atoms with E-state index in [0.29, 0.717) is 0 Å². The van der Waals surface area contributed by atoms with E-state index in [1.807, 2.05) is 20.2 Å². The Morgan fingerprint density at radius 3 is 2.21 bits per heavy atom. The smallest absolute Gasteiger partial charge is 0.0796 e. The highest BCUT2D eigenvalue weighted by molar-refractivity contribution is 4.85. The number of rotatable bonds is 0. The van der Waals surface area contributed by atoms with Crippen molar-refractivity contribution in [3.8, 4) is 12.3 Å². The maximum atomic E-state index is 7.33. The van der Waals surface area contributed by atoms with Gasteiger partial charge in [-0.15, -0.1) is 17.4 Å². The van der Waals surface area contributed by atoms with Crippen molar-refractivity contribution < 1.29 is 0 Å². The molecule has 0 aliphatic carbocycles. The lowest BCUT2D eigenvalue weighted by Gasteiger charge is -1.75. The van der Waals surface area contributed by atoms with Gasteiger partial charge in [0, 0.05) is 25.2 Å². The van der Waals surface area contributed by atoms with Crippen molar-refractivity contribution >= 4 is 0 Å². The van der Waals surface area contributed by atoms with E-state index in [2.05, 4.69) is 32.7 Å². The summed E-state index contributed by atoms with van der Waals surface area (Å²) in [5.74, 6) is 2.25. The number of azide groups is 1. The average molecular weight is 194 g/mol. The molecule has 0 spiro atoms. The summed E-state index contributed by atoms with van der Waals surface area (Å²) in [4.78, 5) is 2.36. The highest BCUT2D eigenvalue weighted by Gasteiger charge is 1.83. The Balaban J connectivity index is 0. The van der Waals surface area contributed by atoms with Gasteiger partial charge in [-0.3, -0.25) is 4.68 Å². The maximum absolute atomic E-state index is 7.33. The first-order valence-corrected chi connectivity index (χ1v) is 3.75. The summed E-state index contributed by atoms with van der Waals surface area (Å²) in [5, 5.41) is 10.3. The van der Waals surface area contributed by atoms with Crippen molar-refractivity contribution in [2.75, 3.05) is 7.05 Å². The molecule has 1 aromatic rings. The molecule has 0 fully saturated rings. The molecule has 0 aliphatic heterocycles. The minimum absolute atomic E-state index is 0.961.